The van der Waals surface area contributed by atoms with Crippen LogP contribution in [0.25, 0.3) is 0 Å². The first-order chi connectivity index (χ1) is 15.4. The van der Waals surface area contributed by atoms with Crippen LogP contribution in [-0.4, -0.2) is 55.2 Å². The van der Waals surface area contributed by atoms with E-state index in [1.807, 2.05) is 0 Å². The molecule has 0 rings (SSSR count). The molecule has 34 heavy (non-hydrogen) atoms. The van der Waals surface area contributed by atoms with Gasteiger partial charge in [0.15, 0.2) is 0 Å². The third-order valence-corrected chi connectivity index (χ3v) is 0. The molecule has 216 valence electrons. The van der Waals surface area contributed by atoms with E-state index in [-0.39, 0.29) is 55.2 Å². The summed E-state index contributed by atoms with van der Waals surface area (Å²) in [4.78, 5) is 37.8. The Morgan fingerprint density at radius 3 is 0.294 bits per heavy atom. The van der Waals surface area contributed by atoms with E-state index in [0.29, 0.717) is 0 Å². The Morgan fingerprint density at radius 2 is 0.294 bits per heavy atom. The molecule has 0 fully saturated rings. The minimum atomic E-state index is 0.167. The fraction of sp³-hybridized carbons (Fsp3) is 0.778. The quantitative estimate of drug-likeness (QED) is 0.232. The fourth-order valence-electron chi connectivity index (χ4n) is 0. The monoisotopic (exact) mass is 736 g/mol. The molecule has 0 aromatic rings. The zero-order valence-electron chi connectivity index (χ0n) is 20.4. The van der Waals surface area contributed by atoms with Gasteiger partial charge in [0.05, 0.1) is 32.0 Å². The first-order valence-electron chi connectivity index (χ1n) is 8.02. The van der Waals surface area contributed by atoms with Crippen molar-refractivity contribution in [3.63, 3.8) is 0 Å². The lowest BCUT2D eigenvalue weighted by molar-refractivity contribution is -0.115. The lowest BCUT2D eigenvalue weighted by Gasteiger charge is -1.56. The standard InChI is InChI=1S/4C3H6O.6CH2Cl2/c4*1-3(2)4;6*2-1-3/h4*1-2H3;6*1H2. The second-order valence-electron chi connectivity index (χ2n) is 4.24. The average Bonchev–Trinajstić information content (AvgIpc) is 2.56. The minimum absolute atomic E-state index is 0.167. The van der Waals surface area contributed by atoms with Gasteiger partial charge in [0.1, 0.15) is 23.1 Å². The SMILES string of the molecule is CC(C)=O.CC(C)=O.CC(C)=O.CC(C)=O.ClCCl.ClCCl.ClCCl.ClCCl.ClCCl.ClCCl. The normalized spacial score (nSPS) is 6.24. The van der Waals surface area contributed by atoms with Gasteiger partial charge in [-0.05, 0) is 55.4 Å². The predicted molar refractivity (Wildman–Crippen MR) is 165 cm³/mol. The molecule has 0 aliphatic heterocycles. The number of carbonyl (C=O) groups is 4. The van der Waals surface area contributed by atoms with Crippen LogP contribution in [0.1, 0.15) is 55.4 Å². The molecular formula is C18H36Cl12O4. The fourth-order valence-corrected chi connectivity index (χ4v) is 0. The zero-order chi connectivity index (χ0) is 30.6. The maximum Gasteiger partial charge on any atom is 0.126 e. The van der Waals surface area contributed by atoms with Crippen molar-refractivity contribution in [3.8, 4) is 0 Å². The molecule has 0 spiro atoms. The molecule has 0 unspecified atom stereocenters. The van der Waals surface area contributed by atoms with E-state index >= 15 is 0 Å². The van der Waals surface area contributed by atoms with E-state index in [4.69, 9.17) is 139 Å². The van der Waals surface area contributed by atoms with Crippen LogP contribution in [-0.2, 0) is 19.2 Å². The molecule has 16 heteroatoms. The highest BCUT2D eigenvalue weighted by Gasteiger charge is 1.63. The zero-order valence-corrected chi connectivity index (χ0v) is 29.5. The van der Waals surface area contributed by atoms with Crippen LogP contribution in [0.15, 0.2) is 0 Å². The molecule has 0 bridgehead atoms. The Morgan fingerprint density at radius 1 is 0.294 bits per heavy atom. The second-order valence-corrected chi connectivity index (χ2v) is 9.09. The van der Waals surface area contributed by atoms with Crippen LogP contribution in [0, 0.1) is 0 Å². The van der Waals surface area contributed by atoms with Crippen molar-refractivity contribution in [1.29, 1.82) is 0 Å². The van der Waals surface area contributed by atoms with Crippen LogP contribution in [0.5, 0.6) is 0 Å². The number of ketones is 4. The summed E-state index contributed by atoms with van der Waals surface area (Å²) in [6.45, 7) is 12.2. The van der Waals surface area contributed by atoms with Gasteiger partial charge in [-0.1, -0.05) is 0 Å². The largest absolute Gasteiger partial charge is 0.300 e. The Kier molecular flexibility index (Phi) is 194. The van der Waals surface area contributed by atoms with E-state index in [0.717, 1.165) is 0 Å². The van der Waals surface area contributed by atoms with Crippen LogP contribution in [0.4, 0.5) is 0 Å². The Labute approximate surface area is 266 Å². The molecule has 0 heterocycles. The molecule has 4 nitrogen and oxygen atoms in total. The summed E-state index contributed by atoms with van der Waals surface area (Å²) in [7, 11) is 0. The van der Waals surface area contributed by atoms with E-state index in [1.165, 1.54) is 55.4 Å². The van der Waals surface area contributed by atoms with Crippen molar-refractivity contribution in [2.75, 3.05) is 32.0 Å². The van der Waals surface area contributed by atoms with Gasteiger partial charge >= 0.3 is 0 Å². The topological polar surface area (TPSA) is 68.3 Å². The number of carbonyl (C=O) groups excluding carboxylic acids is 4. The smallest absolute Gasteiger partial charge is 0.126 e. The summed E-state index contributed by atoms with van der Waals surface area (Å²) in [5.41, 5.74) is 0. The van der Waals surface area contributed by atoms with Crippen molar-refractivity contribution >= 4 is 162 Å². The average molecular weight is 742 g/mol. The summed E-state index contributed by atoms with van der Waals surface area (Å²) >= 11 is 57.2. The number of Topliss-reactive ketones (excluding diaryl/α,β-unsaturated/α-hetero) is 4. The van der Waals surface area contributed by atoms with E-state index < -0.39 is 0 Å². The highest BCUT2D eigenvalue weighted by molar-refractivity contribution is 6.42. The van der Waals surface area contributed by atoms with E-state index in [1.54, 1.807) is 0 Å². The predicted octanol–water partition coefficient (Wildman–Crippen LogP) is 10.9. The highest BCUT2D eigenvalue weighted by atomic mass is 35.5. The van der Waals surface area contributed by atoms with Gasteiger partial charge in [-0.25, -0.2) is 0 Å². The van der Waals surface area contributed by atoms with Crippen LogP contribution in [0.3, 0.4) is 0 Å². The minimum Gasteiger partial charge on any atom is -0.300 e. The molecule has 0 aliphatic carbocycles. The molecular weight excluding hydrogens is 706 g/mol. The maximum atomic E-state index is 9.44. The Balaban J connectivity index is -0.0000000236. The number of alkyl halides is 12. The van der Waals surface area contributed by atoms with Crippen molar-refractivity contribution in [2.45, 2.75) is 55.4 Å². The van der Waals surface area contributed by atoms with Gasteiger partial charge in [0.2, 0.25) is 0 Å². The molecule has 0 saturated heterocycles. The highest BCUT2D eigenvalue weighted by Crippen LogP contribution is 1.74. The Hall–Kier alpha value is 2.16. The summed E-state index contributed by atoms with van der Waals surface area (Å²) in [5.74, 6) is 0.667. The molecule has 0 aliphatic rings. The van der Waals surface area contributed by atoms with Gasteiger partial charge in [0, 0.05) is 0 Å². The number of hydrogen-bond donors (Lipinski definition) is 0. The third-order valence-electron chi connectivity index (χ3n) is 0. The van der Waals surface area contributed by atoms with Crippen molar-refractivity contribution < 1.29 is 19.2 Å². The van der Waals surface area contributed by atoms with Crippen LogP contribution >= 0.6 is 139 Å². The first kappa shape index (κ1) is 65.3. The van der Waals surface area contributed by atoms with E-state index in [2.05, 4.69) is 0 Å². The van der Waals surface area contributed by atoms with Crippen LogP contribution in [0.2, 0.25) is 0 Å². The summed E-state index contributed by atoms with van der Waals surface area (Å²) in [5, 5.41) is 1.17. The molecule has 0 radical (unpaired) electrons. The van der Waals surface area contributed by atoms with Crippen LogP contribution < -0.4 is 0 Å². The number of rotatable bonds is 0. The van der Waals surface area contributed by atoms with Crippen molar-refractivity contribution in [3.05, 3.63) is 0 Å². The molecule has 0 amide bonds. The lowest BCUT2D eigenvalue weighted by atomic mass is 10.6. The molecule has 0 saturated carbocycles. The first-order valence-corrected chi connectivity index (χ1v) is 14.4. The third kappa shape index (κ3) is 8050. The van der Waals surface area contributed by atoms with Crippen molar-refractivity contribution in [2.24, 2.45) is 0 Å². The molecule has 0 aromatic heterocycles. The maximum absolute atomic E-state index is 9.44. The molecule has 0 aromatic carbocycles. The molecule has 0 atom stereocenters. The van der Waals surface area contributed by atoms with Gasteiger partial charge in [-0.3, -0.25) is 0 Å². The summed E-state index contributed by atoms with van der Waals surface area (Å²) in [6.07, 6.45) is 0. The number of halogens is 12. The second kappa shape index (κ2) is 101. The number of hydrogen-bond acceptors (Lipinski definition) is 4. The van der Waals surface area contributed by atoms with Gasteiger partial charge < -0.3 is 19.2 Å². The summed E-state index contributed by atoms with van der Waals surface area (Å²) in [6, 6.07) is 0. The van der Waals surface area contributed by atoms with Gasteiger partial charge in [-0.2, -0.15) is 0 Å². The summed E-state index contributed by atoms with van der Waals surface area (Å²) < 4.78 is 0. The van der Waals surface area contributed by atoms with Crippen molar-refractivity contribution in [1.82, 2.24) is 0 Å². The van der Waals surface area contributed by atoms with E-state index in [9.17, 15) is 19.2 Å². The Bertz CT molecular complexity index is 246. The molecule has 0 N–H and O–H groups in total. The van der Waals surface area contributed by atoms with Gasteiger partial charge in [0.25, 0.3) is 0 Å². The lowest BCUT2D eigenvalue weighted by Crippen LogP contribution is -1.69. The van der Waals surface area contributed by atoms with Gasteiger partial charge in [-0.15, -0.1) is 139 Å².